The number of carbonyl (C=O) groups excluding carboxylic acids is 1. The van der Waals surface area contributed by atoms with Crippen LogP contribution in [0.3, 0.4) is 0 Å². The first-order valence-corrected chi connectivity index (χ1v) is 8.93. The monoisotopic (exact) mass is 350 g/mol. The highest BCUT2D eigenvalue weighted by molar-refractivity contribution is 6.09. The maximum absolute atomic E-state index is 12.7. The van der Waals surface area contributed by atoms with Gasteiger partial charge >= 0.3 is 5.97 Å². The summed E-state index contributed by atoms with van der Waals surface area (Å²) in [5.74, 6) is -2.46. The first-order valence-electron chi connectivity index (χ1n) is 8.93. The fourth-order valence-electron chi connectivity index (χ4n) is 2.87. The Balaban J connectivity index is 2.13. The Morgan fingerprint density at radius 3 is 2.35 bits per heavy atom. The molecule has 0 aromatic heterocycles. The molecule has 1 N–H and O–H groups in total. The molecule has 0 bridgehead atoms. The van der Waals surface area contributed by atoms with E-state index in [0.29, 0.717) is 5.56 Å². The van der Waals surface area contributed by atoms with Crippen LogP contribution in [0.5, 0.6) is 0 Å². The van der Waals surface area contributed by atoms with Gasteiger partial charge in [0.15, 0.2) is 5.78 Å². The minimum Gasteiger partial charge on any atom is -0.481 e. The van der Waals surface area contributed by atoms with Crippen molar-refractivity contribution in [2.75, 3.05) is 0 Å². The average molecular weight is 350 g/mol. The van der Waals surface area contributed by atoms with Crippen molar-refractivity contribution in [3.8, 4) is 0 Å². The van der Waals surface area contributed by atoms with Gasteiger partial charge in [0.2, 0.25) is 0 Å². The molecule has 0 heterocycles. The number of ketones is 1. The Kier molecular flexibility index (Phi) is 6.90. The molecule has 0 saturated heterocycles. The number of rotatable bonds is 8. The molecule has 2 aromatic rings. The predicted octanol–water partition coefficient (Wildman–Crippen LogP) is 5.81. The SMILES string of the molecule is CC(C)=CCCC(C)=CCC(C(=O)O)C(=O)c1ccc2ccccc2c1. The normalized spacial score (nSPS) is 12.7. The Morgan fingerprint density at radius 1 is 1.00 bits per heavy atom. The number of allylic oxidation sites excluding steroid dienone is 4. The molecular formula is C23H26O3. The van der Waals surface area contributed by atoms with Gasteiger partial charge in [-0.2, -0.15) is 0 Å². The van der Waals surface area contributed by atoms with Crippen molar-refractivity contribution in [1.82, 2.24) is 0 Å². The van der Waals surface area contributed by atoms with Gasteiger partial charge in [-0.15, -0.1) is 0 Å². The summed E-state index contributed by atoms with van der Waals surface area (Å²) >= 11 is 0. The molecule has 1 unspecified atom stereocenters. The van der Waals surface area contributed by atoms with E-state index in [9.17, 15) is 14.7 Å². The Hall–Kier alpha value is -2.68. The van der Waals surface area contributed by atoms with Crippen molar-refractivity contribution in [3.63, 3.8) is 0 Å². The number of benzene rings is 2. The quantitative estimate of drug-likeness (QED) is 0.371. The Bertz CT molecular complexity index is 855. The van der Waals surface area contributed by atoms with Gasteiger partial charge in [-0.3, -0.25) is 9.59 Å². The van der Waals surface area contributed by atoms with Gasteiger partial charge in [-0.1, -0.05) is 59.7 Å². The second-order valence-electron chi connectivity index (χ2n) is 6.92. The standard InChI is InChI=1S/C23H26O3/c1-16(2)7-6-8-17(3)11-14-21(23(25)26)22(24)20-13-12-18-9-4-5-10-19(18)15-20/h4-5,7,9-13,15,21H,6,8,14H2,1-3H3,(H,25,26). The second-order valence-corrected chi connectivity index (χ2v) is 6.92. The third-order valence-corrected chi connectivity index (χ3v) is 4.44. The lowest BCUT2D eigenvalue weighted by Crippen LogP contribution is -2.23. The lowest BCUT2D eigenvalue weighted by molar-refractivity contribution is -0.139. The van der Waals surface area contributed by atoms with Crippen LogP contribution in [0.4, 0.5) is 0 Å². The highest BCUT2D eigenvalue weighted by Gasteiger charge is 2.26. The molecular weight excluding hydrogens is 324 g/mol. The third kappa shape index (κ3) is 5.41. The molecule has 3 nitrogen and oxygen atoms in total. The molecule has 0 aliphatic rings. The first kappa shape index (κ1) is 19.6. The maximum atomic E-state index is 12.7. The van der Waals surface area contributed by atoms with E-state index in [1.54, 1.807) is 12.1 Å². The second kappa shape index (κ2) is 9.14. The summed E-state index contributed by atoms with van der Waals surface area (Å²) in [6.45, 7) is 6.10. The molecule has 0 saturated carbocycles. The Labute approximate surface area is 155 Å². The predicted molar refractivity (Wildman–Crippen MR) is 106 cm³/mol. The van der Waals surface area contributed by atoms with E-state index in [2.05, 4.69) is 19.9 Å². The number of aliphatic carboxylic acids is 1. The molecule has 2 rings (SSSR count). The fraction of sp³-hybridized carbons (Fsp3) is 0.304. The van der Waals surface area contributed by atoms with Crippen molar-refractivity contribution in [2.24, 2.45) is 5.92 Å². The van der Waals surface area contributed by atoms with Crippen LogP contribution >= 0.6 is 0 Å². The summed E-state index contributed by atoms with van der Waals surface area (Å²) in [4.78, 5) is 24.4. The number of carboxylic acid groups (broad SMARTS) is 1. The van der Waals surface area contributed by atoms with Crippen LogP contribution in [0.25, 0.3) is 10.8 Å². The molecule has 3 heteroatoms. The zero-order valence-corrected chi connectivity index (χ0v) is 15.7. The van der Waals surface area contributed by atoms with Crippen LogP contribution in [-0.4, -0.2) is 16.9 Å². The first-order chi connectivity index (χ1) is 12.4. The van der Waals surface area contributed by atoms with Crippen molar-refractivity contribution >= 4 is 22.5 Å². The molecule has 1 atom stereocenters. The largest absolute Gasteiger partial charge is 0.481 e. The average Bonchev–Trinajstić information content (AvgIpc) is 2.60. The molecule has 26 heavy (non-hydrogen) atoms. The van der Waals surface area contributed by atoms with Gasteiger partial charge < -0.3 is 5.11 Å². The highest BCUT2D eigenvalue weighted by atomic mass is 16.4. The van der Waals surface area contributed by atoms with Crippen LogP contribution < -0.4 is 0 Å². The number of carbonyl (C=O) groups is 2. The molecule has 0 amide bonds. The Morgan fingerprint density at radius 2 is 1.69 bits per heavy atom. The summed E-state index contributed by atoms with van der Waals surface area (Å²) < 4.78 is 0. The molecule has 0 fully saturated rings. The van der Waals surface area contributed by atoms with Crippen molar-refractivity contribution in [1.29, 1.82) is 0 Å². The molecule has 136 valence electrons. The van der Waals surface area contributed by atoms with Gasteiger partial charge in [0.25, 0.3) is 0 Å². The smallest absolute Gasteiger partial charge is 0.314 e. The topological polar surface area (TPSA) is 54.4 Å². The lowest BCUT2D eigenvalue weighted by Gasteiger charge is -2.11. The zero-order valence-electron chi connectivity index (χ0n) is 15.7. The van der Waals surface area contributed by atoms with Crippen molar-refractivity contribution in [3.05, 3.63) is 71.3 Å². The van der Waals surface area contributed by atoms with Gasteiger partial charge in [0.05, 0.1) is 0 Å². The van der Waals surface area contributed by atoms with Crippen molar-refractivity contribution in [2.45, 2.75) is 40.0 Å². The van der Waals surface area contributed by atoms with E-state index < -0.39 is 11.9 Å². The van der Waals surface area contributed by atoms with E-state index in [0.717, 1.165) is 29.2 Å². The number of fused-ring (bicyclic) bond motifs is 1. The van der Waals surface area contributed by atoms with E-state index >= 15 is 0 Å². The third-order valence-electron chi connectivity index (χ3n) is 4.44. The van der Waals surface area contributed by atoms with Crippen LogP contribution in [-0.2, 0) is 4.79 Å². The van der Waals surface area contributed by atoms with E-state index in [4.69, 9.17) is 0 Å². The lowest BCUT2D eigenvalue weighted by atomic mass is 9.92. The van der Waals surface area contributed by atoms with Gasteiger partial charge in [0, 0.05) is 5.56 Å². The summed E-state index contributed by atoms with van der Waals surface area (Å²) in [5, 5.41) is 11.5. The molecule has 0 aliphatic carbocycles. The number of carboxylic acids is 1. The molecule has 0 aliphatic heterocycles. The molecule has 0 spiro atoms. The van der Waals surface area contributed by atoms with E-state index in [1.165, 1.54) is 5.57 Å². The summed E-state index contributed by atoms with van der Waals surface area (Å²) in [6.07, 6.45) is 6.08. The zero-order chi connectivity index (χ0) is 19.1. The van der Waals surface area contributed by atoms with Gasteiger partial charge in [0.1, 0.15) is 5.92 Å². The summed E-state index contributed by atoms with van der Waals surface area (Å²) in [5.41, 5.74) is 2.83. The van der Waals surface area contributed by atoms with Crippen LogP contribution in [0.1, 0.15) is 50.4 Å². The number of hydrogen-bond donors (Lipinski definition) is 1. The minimum atomic E-state index is -1.07. The van der Waals surface area contributed by atoms with E-state index in [-0.39, 0.29) is 12.2 Å². The van der Waals surface area contributed by atoms with Crippen LogP contribution in [0.2, 0.25) is 0 Å². The molecule has 2 aromatic carbocycles. The van der Waals surface area contributed by atoms with E-state index in [1.807, 2.05) is 43.3 Å². The maximum Gasteiger partial charge on any atom is 0.314 e. The highest BCUT2D eigenvalue weighted by Crippen LogP contribution is 2.21. The fourth-order valence-corrected chi connectivity index (χ4v) is 2.87. The summed E-state index contributed by atoms with van der Waals surface area (Å²) in [7, 11) is 0. The van der Waals surface area contributed by atoms with Crippen LogP contribution in [0, 0.1) is 5.92 Å². The number of hydrogen-bond acceptors (Lipinski definition) is 2. The summed E-state index contributed by atoms with van der Waals surface area (Å²) in [6, 6.07) is 13.1. The molecule has 0 radical (unpaired) electrons. The van der Waals surface area contributed by atoms with Gasteiger partial charge in [-0.25, -0.2) is 0 Å². The van der Waals surface area contributed by atoms with Gasteiger partial charge in [-0.05, 0) is 56.9 Å². The van der Waals surface area contributed by atoms with Crippen LogP contribution in [0.15, 0.2) is 65.8 Å². The van der Waals surface area contributed by atoms with Crippen molar-refractivity contribution < 1.29 is 14.7 Å². The minimum absolute atomic E-state index is 0.224. The number of Topliss-reactive ketones (excluding diaryl/α,β-unsaturated/α-hetero) is 1.